The molecule has 0 spiro atoms. The summed E-state index contributed by atoms with van der Waals surface area (Å²) in [6.45, 7) is 1.90. The second-order valence-electron chi connectivity index (χ2n) is 3.71. The van der Waals surface area contributed by atoms with Crippen molar-refractivity contribution in [2.75, 3.05) is 14.2 Å². The summed E-state index contributed by atoms with van der Waals surface area (Å²) in [5.74, 6) is -0.589. The van der Waals surface area contributed by atoms with Crippen molar-refractivity contribution in [3.05, 3.63) is 34.9 Å². The number of esters is 2. The van der Waals surface area contributed by atoms with Gasteiger partial charge < -0.3 is 9.47 Å². The van der Waals surface area contributed by atoms with Gasteiger partial charge in [-0.2, -0.15) is 0 Å². The van der Waals surface area contributed by atoms with Crippen LogP contribution < -0.4 is 0 Å². The Bertz CT molecular complexity index is 423. The number of aryl methyl sites for hydroxylation is 2. The number of carbonyl (C=O) groups is 2. The molecule has 0 aromatic heterocycles. The minimum Gasteiger partial charge on any atom is -0.469 e. The molecule has 0 radical (unpaired) electrons. The average molecular weight is 236 g/mol. The van der Waals surface area contributed by atoms with Crippen LogP contribution >= 0.6 is 0 Å². The van der Waals surface area contributed by atoms with Crippen LogP contribution in [0, 0.1) is 6.92 Å². The van der Waals surface area contributed by atoms with E-state index in [1.807, 2.05) is 13.0 Å². The highest BCUT2D eigenvalue weighted by Gasteiger charge is 2.08. The van der Waals surface area contributed by atoms with Gasteiger partial charge in [-0.25, -0.2) is 4.79 Å². The second-order valence-corrected chi connectivity index (χ2v) is 3.71. The van der Waals surface area contributed by atoms with E-state index in [1.54, 1.807) is 12.1 Å². The van der Waals surface area contributed by atoms with E-state index in [-0.39, 0.29) is 11.9 Å². The summed E-state index contributed by atoms with van der Waals surface area (Å²) in [6.07, 6.45) is 0.953. The smallest absolute Gasteiger partial charge is 0.337 e. The van der Waals surface area contributed by atoms with E-state index in [9.17, 15) is 9.59 Å². The molecule has 4 nitrogen and oxygen atoms in total. The predicted octanol–water partition coefficient (Wildman–Crippen LogP) is 1.89. The number of hydrogen-bond donors (Lipinski definition) is 0. The fourth-order valence-corrected chi connectivity index (χ4v) is 1.56. The van der Waals surface area contributed by atoms with Gasteiger partial charge in [0.05, 0.1) is 19.8 Å². The third-order valence-corrected chi connectivity index (χ3v) is 2.59. The molecule has 0 unspecified atom stereocenters. The molecule has 0 saturated carbocycles. The number of rotatable bonds is 4. The van der Waals surface area contributed by atoms with E-state index in [1.165, 1.54) is 14.2 Å². The van der Waals surface area contributed by atoms with Crippen molar-refractivity contribution in [3.63, 3.8) is 0 Å². The summed E-state index contributed by atoms with van der Waals surface area (Å²) in [7, 11) is 2.72. The third-order valence-electron chi connectivity index (χ3n) is 2.59. The minimum atomic E-state index is -0.354. The predicted molar refractivity (Wildman–Crippen MR) is 62.9 cm³/mol. The van der Waals surface area contributed by atoms with Gasteiger partial charge in [0.15, 0.2) is 0 Å². The Morgan fingerprint density at radius 3 is 2.41 bits per heavy atom. The Balaban J connectivity index is 2.76. The molecule has 17 heavy (non-hydrogen) atoms. The summed E-state index contributed by atoms with van der Waals surface area (Å²) in [6, 6.07) is 5.30. The van der Waals surface area contributed by atoms with Gasteiger partial charge in [0, 0.05) is 6.42 Å². The van der Waals surface area contributed by atoms with Gasteiger partial charge in [-0.05, 0) is 36.6 Å². The molecule has 0 N–H and O–H groups in total. The van der Waals surface area contributed by atoms with E-state index in [0.29, 0.717) is 18.4 Å². The molecule has 0 aliphatic carbocycles. The summed E-state index contributed by atoms with van der Waals surface area (Å²) >= 11 is 0. The molecule has 0 fully saturated rings. The molecule has 1 aromatic carbocycles. The fraction of sp³-hybridized carbons (Fsp3) is 0.385. The molecule has 0 amide bonds. The van der Waals surface area contributed by atoms with Crippen LogP contribution in [-0.2, 0) is 20.7 Å². The van der Waals surface area contributed by atoms with Gasteiger partial charge in [0.25, 0.3) is 0 Å². The Morgan fingerprint density at radius 1 is 1.18 bits per heavy atom. The summed E-state index contributed by atoms with van der Waals surface area (Å²) < 4.78 is 9.21. The maximum absolute atomic E-state index is 11.3. The van der Waals surface area contributed by atoms with Crippen molar-refractivity contribution in [2.24, 2.45) is 0 Å². The van der Waals surface area contributed by atoms with E-state index in [0.717, 1.165) is 11.1 Å². The van der Waals surface area contributed by atoms with Crippen molar-refractivity contribution in [1.29, 1.82) is 0 Å². The molecule has 0 heterocycles. The van der Waals surface area contributed by atoms with Crippen molar-refractivity contribution in [3.8, 4) is 0 Å². The van der Waals surface area contributed by atoms with Crippen LogP contribution in [0.5, 0.6) is 0 Å². The molecule has 0 aliphatic rings. The lowest BCUT2D eigenvalue weighted by molar-refractivity contribution is -0.140. The number of ether oxygens (including phenoxy) is 2. The lowest BCUT2D eigenvalue weighted by Gasteiger charge is -2.07. The number of benzene rings is 1. The first-order valence-electron chi connectivity index (χ1n) is 5.33. The fourth-order valence-electron chi connectivity index (χ4n) is 1.56. The normalized spacial score (nSPS) is 9.82. The molecule has 92 valence electrons. The standard InChI is InChI=1S/C13H16O4/c1-9-8-11(13(15)17-3)5-4-10(9)6-7-12(14)16-2/h4-5,8H,6-7H2,1-3H3. The zero-order valence-electron chi connectivity index (χ0n) is 10.3. The van der Waals surface area contributed by atoms with Crippen molar-refractivity contribution >= 4 is 11.9 Å². The Hall–Kier alpha value is -1.84. The highest BCUT2D eigenvalue weighted by molar-refractivity contribution is 5.89. The summed E-state index contributed by atoms with van der Waals surface area (Å²) in [5, 5.41) is 0. The first-order valence-corrected chi connectivity index (χ1v) is 5.33. The van der Waals surface area contributed by atoms with Crippen LogP contribution in [0.3, 0.4) is 0 Å². The SMILES string of the molecule is COC(=O)CCc1ccc(C(=O)OC)cc1C. The van der Waals surface area contributed by atoms with Gasteiger partial charge in [-0.3, -0.25) is 4.79 Å². The molecule has 0 bridgehead atoms. The summed E-state index contributed by atoms with van der Waals surface area (Å²) in [5.41, 5.74) is 2.52. The zero-order chi connectivity index (χ0) is 12.8. The van der Waals surface area contributed by atoms with E-state index < -0.39 is 0 Å². The first kappa shape index (κ1) is 13.2. The second kappa shape index (κ2) is 6.03. The van der Waals surface area contributed by atoms with Crippen LogP contribution in [0.1, 0.15) is 27.9 Å². The number of hydrogen-bond acceptors (Lipinski definition) is 4. The number of methoxy groups -OCH3 is 2. The van der Waals surface area contributed by atoms with Gasteiger partial charge in [-0.15, -0.1) is 0 Å². The Kier molecular flexibility index (Phi) is 4.69. The summed E-state index contributed by atoms with van der Waals surface area (Å²) in [4.78, 5) is 22.3. The maximum atomic E-state index is 11.3. The van der Waals surface area contributed by atoms with Gasteiger partial charge >= 0.3 is 11.9 Å². The number of carbonyl (C=O) groups excluding carboxylic acids is 2. The van der Waals surface area contributed by atoms with Crippen LogP contribution in [0.25, 0.3) is 0 Å². The van der Waals surface area contributed by atoms with Crippen LogP contribution in [-0.4, -0.2) is 26.2 Å². The lowest BCUT2D eigenvalue weighted by atomic mass is 10.0. The minimum absolute atomic E-state index is 0.235. The van der Waals surface area contributed by atoms with E-state index in [2.05, 4.69) is 9.47 Å². The highest BCUT2D eigenvalue weighted by Crippen LogP contribution is 2.14. The molecular formula is C13H16O4. The van der Waals surface area contributed by atoms with Crippen LogP contribution in [0.4, 0.5) is 0 Å². The molecular weight excluding hydrogens is 220 g/mol. The van der Waals surface area contributed by atoms with Gasteiger partial charge in [0.1, 0.15) is 0 Å². The zero-order valence-corrected chi connectivity index (χ0v) is 10.3. The molecule has 1 rings (SSSR count). The van der Waals surface area contributed by atoms with E-state index in [4.69, 9.17) is 0 Å². The maximum Gasteiger partial charge on any atom is 0.337 e. The average Bonchev–Trinajstić information content (AvgIpc) is 2.35. The van der Waals surface area contributed by atoms with Gasteiger partial charge in [-0.1, -0.05) is 6.07 Å². The lowest BCUT2D eigenvalue weighted by Crippen LogP contribution is -2.05. The Labute approximate surface area is 101 Å². The van der Waals surface area contributed by atoms with Crippen LogP contribution in [0.15, 0.2) is 18.2 Å². The molecule has 1 aromatic rings. The third kappa shape index (κ3) is 3.59. The molecule has 4 heteroatoms. The Morgan fingerprint density at radius 2 is 1.88 bits per heavy atom. The monoisotopic (exact) mass is 236 g/mol. The van der Waals surface area contributed by atoms with Crippen molar-refractivity contribution in [1.82, 2.24) is 0 Å². The van der Waals surface area contributed by atoms with Crippen molar-refractivity contribution in [2.45, 2.75) is 19.8 Å². The quantitative estimate of drug-likeness (QED) is 0.749. The molecule has 0 saturated heterocycles. The topological polar surface area (TPSA) is 52.6 Å². The van der Waals surface area contributed by atoms with E-state index >= 15 is 0 Å². The highest BCUT2D eigenvalue weighted by atomic mass is 16.5. The molecule has 0 atom stereocenters. The molecule has 0 aliphatic heterocycles. The van der Waals surface area contributed by atoms with Crippen LogP contribution in [0.2, 0.25) is 0 Å². The van der Waals surface area contributed by atoms with Gasteiger partial charge in [0.2, 0.25) is 0 Å². The largest absolute Gasteiger partial charge is 0.469 e. The first-order chi connectivity index (χ1) is 8.08. The van der Waals surface area contributed by atoms with Crippen molar-refractivity contribution < 1.29 is 19.1 Å².